The van der Waals surface area contributed by atoms with E-state index < -0.39 is 12.6 Å². The van der Waals surface area contributed by atoms with Crippen molar-refractivity contribution in [1.29, 1.82) is 0 Å². The normalized spacial score (nSPS) is 26.6. The lowest BCUT2D eigenvalue weighted by Crippen LogP contribution is -2.38. The summed E-state index contributed by atoms with van der Waals surface area (Å²) in [5.74, 6) is 0. The van der Waals surface area contributed by atoms with E-state index >= 15 is 0 Å². The first-order chi connectivity index (χ1) is 7.37. The first-order valence-electron chi connectivity index (χ1n) is 5.83. The minimum Gasteiger partial charge on any atom is -0.316 e. The second kappa shape index (κ2) is 5.36. The van der Waals surface area contributed by atoms with E-state index in [1.807, 2.05) is 4.90 Å². The Morgan fingerprint density at radius 1 is 1.38 bits per heavy atom. The van der Waals surface area contributed by atoms with Gasteiger partial charge in [-0.25, -0.2) is 0 Å². The first kappa shape index (κ1) is 13.8. The fourth-order valence-electron chi connectivity index (χ4n) is 2.31. The molecule has 0 aromatic carbocycles. The third-order valence-electron chi connectivity index (χ3n) is 3.46. The zero-order valence-electron chi connectivity index (χ0n) is 10.0. The maximum absolute atomic E-state index is 12.1. The van der Waals surface area contributed by atoms with Crippen molar-refractivity contribution in [3.63, 3.8) is 0 Å². The minimum absolute atomic E-state index is 0.102. The van der Waals surface area contributed by atoms with Crippen molar-refractivity contribution in [1.82, 2.24) is 10.2 Å². The Balaban J connectivity index is 2.35. The predicted octanol–water partition coefficient (Wildman–Crippen LogP) is 2.26. The largest absolute Gasteiger partial charge is 0.390 e. The lowest BCUT2D eigenvalue weighted by molar-refractivity contribution is -0.138. The van der Waals surface area contributed by atoms with Crippen molar-refractivity contribution < 1.29 is 13.2 Å². The van der Waals surface area contributed by atoms with Crippen LogP contribution in [0.15, 0.2) is 0 Å². The molecule has 1 saturated heterocycles. The highest BCUT2D eigenvalue weighted by atomic mass is 19.4. The van der Waals surface area contributed by atoms with Gasteiger partial charge >= 0.3 is 6.18 Å². The minimum atomic E-state index is -4.04. The van der Waals surface area contributed by atoms with E-state index in [2.05, 4.69) is 12.2 Å². The van der Waals surface area contributed by atoms with E-state index in [-0.39, 0.29) is 12.0 Å². The molecule has 1 aliphatic rings. The van der Waals surface area contributed by atoms with Crippen LogP contribution in [0.3, 0.4) is 0 Å². The number of rotatable bonds is 5. The third-order valence-corrected chi connectivity index (χ3v) is 3.46. The van der Waals surface area contributed by atoms with E-state index in [0.717, 1.165) is 32.5 Å². The molecule has 1 atom stereocenters. The number of alkyl halides is 3. The highest BCUT2D eigenvalue weighted by Gasteiger charge is 2.34. The van der Waals surface area contributed by atoms with Gasteiger partial charge in [-0.2, -0.15) is 13.2 Å². The Kier molecular flexibility index (Phi) is 4.62. The van der Waals surface area contributed by atoms with Crippen LogP contribution in [0.5, 0.6) is 0 Å². The van der Waals surface area contributed by atoms with E-state index in [4.69, 9.17) is 0 Å². The van der Waals surface area contributed by atoms with Gasteiger partial charge in [-0.3, -0.25) is 0 Å². The topological polar surface area (TPSA) is 15.3 Å². The predicted molar refractivity (Wildman–Crippen MR) is 58.4 cm³/mol. The molecule has 0 aliphatic carbocycles. The van der Waals surface area contributed by atoms with Gasteiger partial charge in [0.15, 0.2) is 0 Å². The summed E-state index contributed by atoms with van der Waals surface area (Å²) in [4.78, 5) is 1.81. The fourth-order valence-corrected chi connectivity index (χ4v) is 2.31. The van der Waals surface area contributed by atoms with Crippen molar-refractivity contribution >= 4 is 0 Å². The number of nitrogens with zero attached hydrogens (tertiary/aromatic N) is 1. The quantitative estimate of drug-likeness (QED) is 0.790. The van der Waals surface area contributed by atoms with E-state index in [1.165, 1.54) is 0 Å². The Bertz CT molecular complexity index is 210. The molecule has 1 fully saturated rings. The van der Waals surface area contributed by atoms with E-state index in [0.29, 0.717) is 0 Å². The second-order valence-electron chi connectivity index (χ2n) is 4.88. The highest BCUT2D eigenvalue weighted by molar-refractivity contribution is 4.88. The molecule has 16 heavy (non-hydrogen) atoms. The van der Waals surface area contributed by atoms with Crippen LogP contribution in [0.25, 0.3) is 0 Å². The molecule has 96 valence electrons. The molecule has 0 spiro atoms. The second-order valence-corrected chi connectivity index (χ2v) is 4.88. The summed E-state index contributed by atoms with van der Waals surface area (Å²) >= 11 is 0. The zero-order chi connectivity index (χ0) is 12.2. The van der Waals surface area contributed by atoms with Gasteiger partial charge in [0.2, 0.25) is 0 Å². The van der Waals surface area contributed by atoms with Gasteiger partial charge < -0.3 is 10.2 Å². The Morgan fingerprint density at radius 2 is 2.06 bits per heavy atom. The van der Waals surface area contributed by atoms with Crippen molar-refractivity contribution in [3.05, 3.63) is 0 Å². The molecule has 5 heteroatoms. The van der Waals surface area contributed by atoms with Crippen molar-refractivity contribution in [2.45, 2.75) is 32.4 Å². The van der Waals surface area contributed by atoms with Gasteiger partial charge in [0, 0.05) is 19.6 Å². The Morgan fingerprint density at radius 3 is 2.50 bits per heavy atom. The van der Waals surface area contributed by atoms with Gasteiger partial charge in [-0.15, -0.1) is 0 Å². The lowest BCUT2D eigenvalue weighted by Gasteiger charge is -2.32. The molecule has 0 amide bonds. The summed E-state index contributed by atoms with van der Waals surface area (Å²) in [5, 5.41) is 3.29. The molecule has 1 heterocycles. The first-order valence-corrected chi connectivity index (χ1v) is 5.83. The Hall–Kier alpha value is -0.290. The van der Waals surface area contributed by atoms with E-state index in [1.54, 1.807) is 7.05 Å². The number of halogens is 3. The molecule has 1 unspecified atom stereocenters. The summed E-state index contributed by atoms with van der Waals surface area (Å²) in [6.45, 7) is 4.89. The molecule has 0 aromatic heterocycles. The van der Waals surface area contributed by atoms with Crippen LogP contribution in [0.2, 0.25) is 0 Å². The molecule has 0 saturated carbocycles. The van der Waals surface area contributed by atoms with Crippen LogP contribution in [0, 0.1) is 5.41 Å². The average Bonchev–Trinajstić information content (AvgIpc) is 2.63. The van der Waals surface area contributed by atoms with Gasteiger partial charge in [0.05, 0.1) is 6.42 Å². The number of nitrogens with one attached hydrogen (secondary N) is 1. The van der Waals surface area contributed by atoms with Gasteiger partial charge in [0.25, 0.3) is 0 Å². The van der Waals surface area contributed by atoms with Crippen LogP contribution < -0.4 is 5.32 Å². The molecule has 0 radical (unpaired) electrons. The van der Waals surface area contributed by atoms with Gasteiger partial charge in [-0.1, -0.05) is 6.92 Å². The number of hydrogen-bond donors (Lipinski definition) is 1. The van der Waals surface area contributed by atoms with Crippen LogP contribution >= 0.6 is 0 Å². The molecule has 1 aliphatic heterocycles. The average molecular weight is 238 g/mol. The lowest BCUT2D eigenvalue weighted by atomic mass is 9.84. The zero-order valence-corrected chi connectivity index (χ0v) is 10.0. The maximum Gasteiger partial charge on any atom is 0.390 e. The molecule has 1 N–H and O–H groups in total. The molecular weight excluding hydrogens is 217 g/mol. The fraction of sp³-hybridized carbons (Fsp3) is 1.00. The summed E-state index contributed by atoms with van der Waals surface area (Å²) in [6.07, 6.45) is -2.66. The smallest absolute Gasteiger partial charge is 0.316 e. The monoisotopic (exact) mass is 238 g/mol. The summed E-state index contributed by atoms with van der Waals surface area (Å²) in [6, 6.07) is 0. The van der Waals surface area contributed by atoms with Crippen LogP contribution in [-0.4, -0.2) is 44.3 Å². The molecular formula is C11H21F3N2. The van der Waals surface area contributed by atoms with E-state index in [9.17, 15) is 13.2 Å². The maximum atomic E-state index is 12.1. The molecule has 0 bridgehead atoms. The number of hydrogen-bond acceptors (Lipinski definition) is 2. The van der Waals surface area contributed by atoms with Crippen LogP contribution in [-0.2, 0) is 0 Å². The standard InChI is InChI=1S/C11H21F3N2/c1-3-10(4-6-15-8-10)9-16(2)7-5-11(12,13)14/h15H,3-9H2,1-2H3. The Labute approximate surface area is 95.2 Å². The van der Waals surface area contributed by atoms with Crippen LogP contribution in [0.4, 0.5) is 13.2 Å². The van der Waals surface area contributed by atoms with Crippen molar-refractivity contribution in [2.24, 2.45) is 5.41 Å². The van der Waals surface area contributed by atoms with Gasteiger partial charge in [-0.05, 0) is 31.8 Å². The molecule has 0 aromatic rings. The molecule has 2 nitrogen and oxygen atoms in total. The third kappa shape index (κ3) is 4.29. The molecule has 1 rings (SSSR count). The van der Waals surface area contributed by atoms with Crippen molar-refractivity contribution in [3.8, 4) is 0 Å². The van der Waals surface area contributed by atoms with Gasteiger partial charge in [0.1, 0.15) is 0 Å². The summed E-state index contributed by atoms with van der Waals surface area (Å²) in [5.41, 5.74) is 0.181. The highest BCUT2D eigenvalue weighted by Crippen LogP contribution is 2.30. The van der Waals surface area contributed by atoms with Crippen LogP contribution in [0.1, 0.15) is 26.2 Å². The summed E-state index contributed by atoms with van der Waals surface area (Å²) < 4.78 is 36.2. The van der Waals surface area contributed by atoms with Crippen molar-refractivity contribution in [2.75, 3.05) is 33.2 Å². The SMILES string of the molecule is CCC1(CN(C)CCC(F)(F)F)CCNC1. The summed E-state index contributed by atoms with van der Waals surface area (Å²) in [7, 11) is 1.78.